The van der Waals surface area contributed by atoms with Crippen molar-refractivity contribution in [3.05, 3.63) is 59.7 Å². The summed E-state index contributed by atoms with van der Waals surface area (Å²) in [5.41, 5.74) is 3.38. The van der Waals surface area contributed by atoms with Crippen LogP contribution < -0.4 is 10.1 Å². The molecule has 134 valence electrons. The number of carbonyl (C=O) groups is 1. The fourth-order valence-electron chi connectivity index (χ4n) is 2.65. The standard InChI is InChI=1S/C22H29NO2/c1-4-7-8-18-9-13-19(14-10-18)23-22(24)21(6-3)25-20-15-11-17(5-2)12-16-20/h9-16,21H,4-8H2,1-3H3,(H,23,24)/t21-/m0/s1. The predicted molar refractivity (Wildman–Crippen MR) is 104 cm³/mol. The highest BCUT2D eigenvalue weighted by Gasteiger charge is 2.18. The van der Waals surface area contributed by atoms with E-state index in [0.717, 1.165) is 24.3 Å². The van der Waals surface area contributed by atoms with Crippen LogP contribution in [0.2, 0.25) is 0 Å². The summed E-state index contributed by atoms with van der Waals surface area (Å²) in [5.74, 6) is 0.623. The minimum atomic E-state index is -0.493. The maximum absolute atomic E-state index is 12.5. The van der Waals surface area contributed by atoms with Crippen molar-refractivity contribution in [1.29, 1.82) is 0 Å². The number of ether oxygens (including phenoxy) is 1. The molecule has 1 atom stereocenters. The normalized spacial score (nSPS) is 11.8. The van der Waals surface area contributed by atoms with Gasteiger partial charge in [-0.1, -0.05) is 51.5 Å². The molecular formula is C22H29NO2. The van der Waals surface area contributed by atoms with Gasteiger partial charge in [-0.15, -0.1) is 0 Å². The lowest BCUT2D eigenvalue weighted by molar-refractivity contribution is -0.122. The molecule has 0 heterocycles. The summed E-state index contributed by atoms with van der Waals surface area (Å²) < 4.78 is 5.86. The molecule has 0 aliphatic rings. The van der Waals surface area contributed by atoms with Gasteiger partial charge in [0, 0.05) is 5.69 Å². The number of rotatable bonds is 9. The average Bonchev–Trinajstić information content (AvgIpc) is 2.66. The Kier molecular flexibility index (Phi) is 7.52. The number of benzene rings is 2. The lowest BCUT2D eigenvalue weighted by Crippen LogP contribution is -2.32. The van der Waals surface area contributed by atoms with Crippen LogP contribution >= 0.6 is 0 Å². The molecule has 0 bridgehead atoms. The summed E-state index contributed by atoms with van der Waals surface area (Å²) in [4.78, 5) is 12.5. The first-order valence-corrected chi connectivity index (χ1v) is 9.31. The zero-order chi connectivity index (χ0) is 18.1. The molecule has 0 aromatic heterocycles. The molecule has 1 N–H and O–H groups in total. The molecule has 3 heteroatoms. The average molecular weight is 339 g/mol. The van der Waals surface area contributed by atoms with E-state index in [2.05, 4.69) is 31.3 Å². The fraction of sp³-hybridized carbons (Fsp3) is 0.409. The van der Waals surface area contributed by atoms with E-state index in [0.29, 0.717) is 6.42 Å². The molecule has 1 amide bonds. The van der Waals surface area contributed by atoms with Gasteiger partial charge < -0.3 is 10.1 Å². The molecule has 2 aromatic carbocycles. The van der Waals surface area contributed by atoms with Gasteiger partial charge in [0.25, 0.3) is 5.91 Å². The van der Waals surface area contributed by atoms with E-state index >= 15 is 0 Å². The number of hydrogen-bond acceptors (Lipinski definition) is 2. The van der Waals surface area contributed by atoms with Crippen molar-refractivity contribution in [2.24, 2.45) is 0 Å². The predicted octanol–water partition coefficient (Wildman–Crippen LogP) is 5.39. The summed E-state index contributed by atoms with van der Waals surface area (Å²) in [6.07, 6.45) is 4.58. The molecule has 0 saturated carbocycles. The second-order valence-electron chi connectivity index (χ2n) is 6.30. The van der Waals surface area contributed by atoms with Crippen molar-refractivity contribution < 1.29 is 9.53 Å². The molecule has 25 heavy (non-hydrogen) atoms. The van der Waals surface area contributed by atoms with Crippen molar-refractivity contribution in [1.82, 2.24) is 0 Å². The third-order valence-corrected chi connectivity index (χ3v) is 4.31. The second kappa shape index (κ2) is 9.87. The molecule has 0 unspecified atom stereocenters. The third kappa shape index (κ3) is 5.93. The lowest BCUT2D eigenvalue weighted by Gasteiger charge is -2.17. The van der Waals surface area contributed by atoms with Gasteiger partial charge in [0.2, 0.25) is 0 Å². The molecule has 0 spiro atoms. The summed E-state index contributed by atoms with van der Waals surface area (Å²) in [7, 11) is 0. The van der Waals surface area contributed by atoms with Crippen molar-refractivity contribution in [3.8, 4) is 5.75 Å². The van der Waals surface area contributed by atoms with Crippen molar-refractivity contribution in [2.75, 3.05) is 5.32 Å². The van der Waals surface area contributed by atoms with Gasteiger partial charge in [-0.05, 0) is 61.1 Å². The minimum absolute atomic E-state index is 0.108. The number of carbonyl (C=O) groups excluding carboxylic acids is 1. The molecular weight excluding hydrogens is 310 g/mol. The summed E-state index contributed by atoms with van der Waals surface area (Å²) in [6, 6.07) is 16.0. The van der Waals surface area contributed by atoms with Crippen LogP contribution in [0.4, 0.5) is 5.69 Å². The van der Waals surface area contributed by atoms with Crippen LogP contribution in [-0.4, -0.2) is 12.0 Å². The SMILES string of the molecule is CCCCc1ccc(NC(=O)[C@H](CC)Oc2ccc(CC)cc2)cc1. The van der Waals surface area contributed by atoms with Crippen molar-refractivity contribution in [2.45, 2.75) is 59.0 Å². The molecule has 0 radical (unpaired) electrons. The first kappa shape index (κ1) is 19.0. The number of hydrogen-bond donors (Lipinski definition) is 1. The Morgan fingerprint density at radius 2 is 1.60 bits per heavy atom. The highest BCUT2D eigenvalue weighted by Crippen LogP contribution is 2.17. The Balaban J connectivity index is 1.94. The van der Waals surface area contributed by atoms with Crippen molar-refractivity contribution >= 4 is 11.6 Å². The Morgan fingerprint density at radius 1 is 0.960 bits per heavy atom. The number of nitrogens with one attached hydrogen (secondary N) is 1. The van der Waals surface area contributed by atoms with Gasteiger partial charge in [0.05, 0.1) is 0 Å². The summed E-state index contributed by atoms with van der Waals surface area (Å²) in [5, 5.41) is 2.96. The Labute approximate surface area is 151 Å². The molecule has 0 aliphatic heterocycles. The van der Waals surface area contributed by atoms with Gasteiger partial charge >= 0.3 is 0 Å². The number of aryl methyl sites for hydroxylation is 2. The molecule has 0 fully saturated rings. The topological polar surface area (TPSA) is 38.3 Å². The second-order valence-corrected chi connectivity index (χ2v) is 6.30. The fourth-order valence-corrected chi connectivity index (χ4v) is 2.65. The quantitative estimate of drug-likeness (QED) is 0.665. The van der Waals surface area contributed by atoms with E-state index in [-0.39, 0.29) is 5.91 Å². The molecule has 2 aromatic rings. The van der Waals surface area contributed by atoms with Crippen LogP contribution in [0.25, 0.3) is 0 Å². The van der Waals surface area contributed by atoms with E-state index < -0.39 is 6.10 Å². The number of amides is 1. The zero-order valence-electron chi connectivity index (χ0n) is 15.5. The van der Waals surface area contributed by atoms with Gasteiger partial charge in [0.1, 0.15) is 5.75 Å². The summed E-state index contributed by atoms with van der Waals surface area (Å²) in [6.45, 7) is 6.26. The maximum Gasteiger partial charge on any atom is 0.265 e. The monoisotopic (exact) mass is 339 g/mol. The zero-order valence-corrected chi connectivity index (χ0v) is 15.5. The summed E-state index contributed by atoms with van der Waals surface area (Å²) >= 11 is 0. The Bertz CT molecular complexity index is 647. The highest BCUT2D eigenvalue weighted by molar-refractivity contribution is 5.94. The van der Waals surface area contributed by atoms with Crippen LogP contribution in [0.3, 0.4) is 0 Å². The van der Waals surface area contributed by atoms with E-state index in [4.69, 9.17) is 4.74 Å². The van der Waals surface area contributed by atoms with Gasteiger partial charge in [-0.2, -0.15) is 0 Å². The Morgan fingerprint density at radius 3 is 2.16 bits per heavy atom. The van der Waals surface area contributed by atoms with E-state index in [1.165, 1.54) is 24.0 Å². The van der Waals surface area contributed by atoms with Crippen LogP contribution in [0, 0.1) is 0 Å². The van der Waals surface area contributed by atoms with Gasteiger partial charge in [-0.25, -0.2) is 0 Å². The van der Waals surface area contributed by atoms with Crippen LogP contribution in [0.15, 0.2) is 48.5 Å². The van der Waals surface area contributed by atoms with Crippen LogP contribution in [-0.2, 0) is 17.6 Å². The van der Waals surface area contributed by atoms with Crippen molar-refractivity contribution in [3.63, 3.8) is 0 Å². The number of unbranched alkanes of at least 4 members (excludes halogenated alkanes) is 1. The first-order valence-electron chi connectivity index (χ1n) is 9.31. The first-order chi connectivity index (χ1) is 12.2. The smallest absolute Gasteiger partial charge is 0.265 e. The molecule has 2 rings (SSSR count). The minimum Gasteiger partial charge on any atom is -0.481 e. The maximum atomic E-state index is 12.5. The lowest BCUT2D eigenvalue weighted by atomic mass is 10.1. The van der Waals surface area contributed by atoms with E-state index in [9.17, 15) is 4.79 Å². The highest BCUT2D eigenvalue weighted by atomic mass is 16.5. The Hall–Kier alpha value is -2.29. The van der Waals surface area contributed by atoms with Gasteiger partial charge in [0.15, 0.2) is 6.10 Å². The van der Waals surface area contributed by atoms with Gasteiger partial charge in [-0.3, -0.25) is 4.79 Å². The molecule has 0 saturated heterocycles. The molecule has 3 nitrogen and oxygen atoms in total. The van der Waals surface area contributed by atoms with E-state index in [1.54, 1.807) is 0 Å². The number of anilines is 1. The van der Waals surface area contributed by atoms with Crippen LogP contribution in [0.5, 0.6) is 5.75 Å². The molecule has 0 aliphatic carbocycles. The van der Waals surface area contributed by atoms with E-state index in [1.807, 2.05) is 43.3 Å². The third-order valence-electron chi connectivity index (χ3n) is 4.31. The largest absolute Gasteiger partial charge is 0.481 e. The van der Waals surface area contributed by atoms with Crippen LogP contribution in [0.1, 0.15) is 51.2 Å².